The van der Waals surface area contributed by atoms with Gasteiger partial charge in [0.25, 0.3) is 0 Å². The lowest BCUT2D eigenvalue weighted by atomic mass is 9.97. The first kappa shape index (κ1) is 14.1. The fourth-order valence-corrected chi connectivity index (χ4v) is 2.30. The lowest BCUT2D eigenvalue weighted by Crippen LogP contribution is -2.33. The molecule has 0 atom stereocenters. The Balaban J connectivity index is 2.97. The van der Waals surface area contributed by atoms with Gasteiger partial charge in [-0.05, 0) is 48.6 Å². The second-order valence-corrected chi connectivity index (χ2v) is 5.44. The van der Waals surface area contributed by atoms with Crippen molar-refractivity contribution >= 4 is 28.7 Å². The summed E-state index contributed by atoms with van der Waals surface area (Å²) in [6.07, 6.45) is -0.210. The number of primary amides is 1. The summed E-state index contributed by atoms with van der Waals surface area (Å²) in [5, 5.41) is 0. The van der Waals surface area contributed by atoms with Gasteiger partial charge >= 0.3 is 6.09 Å². The molecule has 94 valence electrons. The molecule has 2 N–H and O–H groups in total. The Morgan fingerprint density at radius 1 is 1.47 bits per heavy atom. The molecule has 0 saturated heterocycles. The molecule has 0 fully saturated rings. The van der Waals surface area contributed by atoms with E-state index in [1.165, 1.54) is 0 Å². The summed E-state index contributed by atoms with van der Waals surface area (Å²) in [5.41, 5.74) is 5.41. The van der Waals surface area contributed by atoms with Crippen LogP contribution in [-0.2, 0) is 11.2 Å². The summed E-state index contributed by atoms with van der Waals surface area (Å²) in [6, 6.07) is 5.79. The van der Waals surface area contributed by atoms with Crippen LogP contribution in [0.3, 0.4) is 0 Å². The van der Waals surface area contributed by atoms with Crippen LogP contribution in [0.5, 0.6) is 5.75 Å². The Morgan fingerprint density at radius 3 is 2.65 bits per heavy atom. The van der Waals surface area contributed by atoms with Gasteiger partial charge in [0.15, 0.2) is 0 Å². The van der Waals surface area contributed by atoms with Gasteiger partial charge in [-0.25, -0.2) is 4.79 Å². The maximum Gasteiger partial charge on any atom is 0.405 e. The van der Waals surface area contributed by atoms with Crippen molar-refractivity contribution in [3.63, 3.8) is 0 Å². The SMILES string of the molecule is COc1cccc(I)c1CC(C)(C)OC(N)=O. The van der Waals surface area contributed by atoms with Crippen LogP contribution >= 0.6 is 22.6 Å². The maximum absolute atomic E-state index is 10.8. The van der Waals surface area contributed by atoms with Crippen molar-refractivity contribution in [1.29, 1.82) is 0 Å². The van der Waals surface area contributed by atoms with Crippen LogP contribution in [0.4, 0.5) is 4.79 Å². The Morgan fingerprint density at radius 2 is 2.12 bits per heavy atom. The molecule has 1 amide bonds. The van der Waals surface area contributed by atoms with Crippen molar-refractivity contribution in [2.75, 3.05) is 7.11 Å². The zero-order valence-corrected chi connectivity index (χ0v) is 12.3. The van der Waals surface area contributed by atoms with E-state index in [1.54, 1.807) is 7.11 Å². The van der Waals surface area contributed by atoms with Crippen molar-refractivity contribution < 1.29 is 14.3 Å². The number of ether oxygens (including phenoxy) is 2. The van der Waals surface area contributed by atoms with E-state index in [0.717, 1.165) is 14.9 Å². The number of amides is 1. The molecule has 0 spiro atoms. The Kier molecular flexibility index (Phi) is 4.62. The quantitative estimate of drug-likeness (QED) is 0.851. The summed E-state index contributed by atoms with van der Waals surface area (Å²) in [6.45, 7) is 3.64. The molecule has 17 heavy (non-hydrogen) atoms. The Hall–Kier alpha value is -0.980. The molecule has 1 aromatic carbocycles. The summed E-state index contributed by atoms with van der Waals surface area (Å²) in [7, 11) is 1.62. The van der Waals surface area contributed by atoms with Crippen LogP contribution in [0.15, 0.2) is 18.2 Å². The van der Waals surface area contributed by atoms with Gasteiger partial charge in [-0.15, -0.1) is 0 Å². The normalized spacial score (nSPS) is 11.1. The second kappa shape index (κ2) is 5.57. The van der Waals surface area contributed by atoms with E-state index in [1.807, 2.05) is 32.0 Å². The van der Waals surface area contributed by atoms with E-state index in [-0.39, 0.29) is 0 Å². The topological polar surface area (TPSA) is 61.6 Å². The highest BCUT2D eigenvalue weighted by Crippen LogP contribution is 2.29. The lowest BCUT2D eigenvalue weighted by Gasteiger charge is -2.25. The number of methoxy groups -OCH3 is 1. The van der Waals surface area contributed by atoms with E-state index in [4.69, 9.17) is 15.2 Å². The lowest BCUT2D eigenvalue weighted by molar-refractivity contribution is 0.0454. The van der Waals surface area contributed by atoms with E-state index in [0.29, 0.717) is 6.42 Å². The van der Waals surface area contributed by atoms with E-state index in [9.17, 15) is 4.79 Å². The maximum atomic E-state index is 10.8. The first-order valence-electron chi connectivity index (χ1n) is 5.15. The number of hydrogen-bond acceptors (Lipinski definition) is 3. The van der Waals surface area contributed by atoms with E-state index < -0.39 is 11.7 Å². The minimum absolute atomic E-state index is 0.554. The number of carbonyl (C=O) groups excluding carboxylic acids is 1. The molecule has 5 heteroatoms. The number of rotatable bonds is 4. The highest BCUT2D eigenvalue weighted by atomic mass is 127. The predicted octanol–water partition coefficient (Wildman–Crippen LogP) is 2.72. The molecule has 0 unspecified atom stereocenters. The molecular weight excluding hydrogens is 333 g/mol. The fraction of sp³-hybridized carbons (Fsp3) is 0.417. The molecule has 4 nitrogen and oxygen atoms in total. The average Bonchev–Trinajstić information content (AvgIpc) is 2.18. The van der Waals surface area contributed by atoms with Gasteiger partial charge in [-0.3, -0.25) is 0 Å². The van der Waals surface area contributed by atoms with Gasteiger partial charge in [0.1, 0.15) is 11.4 Å². The highest BCUT2D eigenvalue weighted by molar-refractivity contribution is 14.1. The molecule has 0 heterocycles. The van der Waals surface area contributed by atoms with Crippen LogP contribution in [-0.4, -0.2) is 18.8 Å². The molecular formula is C12H16INO3. The number of nitrogens with two attached hydrogens (primary N) is 1. The standard InChI is InChI=1S/C12H16INO3/c1-12(2,17-11(14)15)7-8-9(13)5-4-6-10(8)16-3/h4-6H,7H2,1-3H3,(H2,14,15). The third-order valence-electron chi connectivity index (χ3n) is 2.28. The molecule has 0 bridgehead atoms. The van der Waals surface area contributed by atoms with E-state index in [2.05, 4.69) is 22.6 Å². The van der Waals surface area contributed by atoms with E-state index >= 15 is 0 Å². The molecule has 0 aromatic heterocycles. The molecule has 1 aromatic rings. The first-order chi connectivity index (χ1) is 7.85. The van der Waals surface area contributed by atoms with Gasteiger partial charge in [0.05, 0.1) is 7.11 Å². The predicted molar refractivity (Wildman–Crippen MR) is 74.2 cm³/mol. The Bertz CT molecular complexity index is 418. The minimum Gasteiger partial charge on any atom is -0.496 e. The minimum atomic E-state index is -0.764. The van der Waals surface area contributed by atoms with Gasteiger partial charge in [0.2, 0.25) is 0 Å². The molecule has 0 aliphatic carbocycles. The van der Waals surface area contributed by atoms with Crippen LogP contribution < -0.4 is 10.5 Å². The Labute approximate surface area is 115 Å². The molecule has 0 aliphatic heterocycles. The first-order valence-corrected chi connectivity index (χ1v) is 6.23. The zero-order chi connectivity index (χ0) is 13.1. The summed E-state index contributed by atoms with van der Waals surface area (Å²) in [4.78, 5) is 10.8. The van der Waals surface area contributed by atoms with Crippen molar-refractivity contribution in [3.8, 4) is 5.75 Å². The van der Waals surface area contributed by atoms with Gasteiger partial charge in [-0.1, -0.05) is 6.07 Å². The summed E-state index contributed by atoms with van der Waals surface area (Å²) >= 11 is 2.23. The third-order valence-corrected chi connectivity index (χ3v) is 3.29. The van der Waals surface area contributed by atoms with Gasteiger partial charge in [-0.2, -0.15) is 0 Å². The highest BCUT2D eigenvalue weighted by Gasteiger charge is 2.25. The van der Waals surface area contributed by atoms with Crippen LogP contribution in [0.1, 0.15) is 19.4 Å². The van der Waals surface area contributed by atoms with Crippen molar-refractivity contribution in [2.24, 2.45) is 5.73 Å². The van der Waals surface area contributed by atoms with Crippen molar-refractivity contribution in [2.45, 2.75) is 25.9 Å². The monoisotopic (exact) mass is 349 g/mol. The number of benzene rings is 1. The zero-order valence-electron chi connectivity index (χ0n) is 10.1. The fourth-order valence-electron chi connectivity index (χ4n) is 1.64. The van der Waals surface area contributed by atoms with Gasteiger partial charge < -0.3 is 15.2 Å². The summed E-state index contributed by atoms with van der Waals surface area (Å²) in [5.74, 6) is 0.790. The van der Waals surface area contributed by atoms with Crippen LogP contribution in [0.25, 0.3) is 0 Å². The van der Waals surface area contributed by atoms with Gasteiger partial charge in [0, 0.05) is 15.6 Å². The number of carbonyl (C=O) groups is 1. The number of halogens is 1. The van der Waals surface area contributed by atoms with Crippen molar-refractivity contribution in [3.05, 3.63) is 27.3 Å². The molecule has 1 rings (SSSR count). The average molecular weight is 349 g/mol. The molecule has 0 aliphatic rings. The third kappa shape index (κ3) is 4.07. The largest absolute Gasteiger partial charge is 0.496 e. The number of hydrogen-bond donors (Lipinski definition) is 1. The second-order valence-electron chi connectivity index (χ2n) is 4.28. The smallest absolute Gasteiger partial charge is 0.405 e. The summed E-state index contributed by atoms with van der Waals surface area (Å²) < 4.78 is 11.4. The molecule has 0 radical (unpaired) electrons. The van der Waals surface area contributed by atoms with Crippen LogP contribution in [0, 0.1) is 3.57 Å². The van der Waals surface area contributed by atoms with Crippen LogP contribution in [0.2, 0.25) is 0 Å². The van der Waals surface area contributed by atoms with Crippen molar-refractivity contribution in [1.82, 2.24) is 0 Å². The molecule has 0 saturated carbocycles.